The highest BCUT2D eigenvalue weighted by Crippen LogP contribution is 2.27. The Balaban J connectivity index is 1.51. The van der Waals surface area contributed by atoms with Crippen LogP contribution in [0.3, 0.4) is 0 Å². The Bertz CT molecular complexity index is 947. The summed E-state index contributed by atoms with van der Waals surface area (Å²) in [6.45, 7) is 3.52. The number of hydrogen-bond acceptors (Lipinski definition) is 1. The number of aromatic nitrogens is 1. The number of fused-ring (bicyclic) bond motifs is 3. The Labute approximate surface area is 151 Å². The number of aromatic amines is 1. The molecule has 2 amide bonds. The Morgan fingerprint density at radius 2 is 2.00 bits per heavy atom. The van der Waals surface area contributed by atoms with Crippen molar-refractivity contribution in [2.24, 2.45) is 0 Å². The predicted octanol–water partition coefficient (Wildman–Crippen LogP) is 4.76. The average Bonchev–Trinajstić information content (AvgIpc) is 2.78. The van der Waals surface area contributed by atoms with Gasteiger partial charge in [-0.15, -0.1) is 0 Å². The van der Waals surface area contributed by atoms with Crippen molar-refractivity contribution < 1.29 is 4.79 Å². The highest BCUT2D eigenvalue weighted by atomic mass is 35.5. The lowest BCUT2D eigenvalue weighted by atomic mass is 10.1. The van der Waals surface area contributed by atoms with Crippen LogP contribution in [0.1, 0.15) is 16.8 Å². The molecule has 1 aliphatic rings. The first-order valence-electron chi connectivity index (χ1n) is 8.52. The second kappa shape index (κ2) is 6.45. The van der Waals surface area contributed by atoms with Crippen LogP contribution < -0.4 is 5.32 Å². The summed E-state index contributed by atoms with van der Waals surface area (Å²) >= 11 is 5.99. The minimum Gasteiger partial charge on any atom is -0.358 e. The van der Waals surface area contributed by atoms with E-state index in [4.69, 9.17) is 11.6 Å². The van der Waals surface area contributed by atoms with Gasteiger partial charge in [-0.05, 0) is 49.2 Å². The summed E-state index contributed by atoms with van der Waals surface area (Å²) in [5.41, 5.74) is 5.76. The van der Waals surface area contributed by atoms with Crippen molar-refractivity contribution in [1.29, 1.82) is 0 Å². The number of rotatable bonds is 1. The van der Waals surface area contributed by atoms with Gasteiger partial charge in [0.15, 0.2) is 0 Å². The Kier molecular flexibility index (Phi) is 4.14. The van der Waals surface area contributed by atoms with Crippen LogP contribution in [0.4, 0.5) is 10.5 Å². The molecule has 0 bridgehead atoms. The van der Waals surface area contributed by atoms with Crippen molar-refractivity contribution in [3.63, 3.8) is 0 Å². The van der Waals surface area contributed by atoms with Crippen molar-refractivity contribution in [3.05, 3.63) is 64.3 Å². The minimum absolute atomic E-state index is 0.0760. The molecule has 0 unspecified atom stereocenters. The lowest BCUT2D eigenvalue weighted by Crippen LogP contribution is -2.36. The molecule has 3 aromatic rings. The van der Waals surface area contributed by atoms with E-state index >= 15 is 0 Å². The number of carbonyl (C=O) groups is 1. The summed E-state index contributed by atoms with van der Waals surface area (Å²) in [7, 11) is 0. The number of carbonyl (C=O) groups excluding carboxylic acids is 1. The summed E-state index contributed by atoms with van der Waals surface area (Å²) in [5, 5.41) is 4.84. The van der Waals surface area contributed by atoms with Crippen LogP contribution in [0.2, 0.25) is 5.02 Å². The van der Waals surface area contributed by atoms with Crippen LogP contribution in [0.5, 0.6) is 0 Å². The smallest absolute Gasteiger partial charge is 0.321 e. The second-order valence-electron chi connectivity index (χ2n) is 6.56. The fourth-order valence-electron chi connectivity index (χ4n) is 3.49. The number of aryl methyl sites for hydroxylation is 1. The molecule has 4 rings (SSSR count). The molecule has 0 saturated carbocycles. The van der Waals surface area contributed by atoms with Gasteiger partial charge in [0.2, 0.25) is 0 Å². The number of urea groups is 1. The fraction of sp³-hybridized carbons (Fsp3) is 0.250. The molecule has 25 heavy (non-hydrogen) atoms. The first-order chi connectivity index (χ1) is 12.1. The van der Waals surface area contributed by atoms with E-state index in [1.54, 1.807) is 12.1 Å². The van der Waals surface area contributed by atoms with E-state index in [-0.39, 0.29) is 6.03 Å². The number of benzene rings is 2. The third kappa shape index (κ3) is 3.22. The van der Waals surface area contributed by atoms with Crippen LogP contribution >= 0.6 is 11.6 Å². The van der Waals surface area contributed by atoms with Gasteiger partial charge >= 0.3 is 6.03 Å². The van der Waals surface area contributed by atoms with Gasteiger partial charge in [0.25, 0.3) is 0 Å². The van der Waals surface area contributed by atoms with E-state index in [1.165, 1.54) is 27.7 Å². The molecule has 1 aromatic heterocycles. The molecule has 128 valence electrons. The molecular formula is C20H20ClN3O. The third-order valence-corrected chi connectivity index (χ3v) is 5.01. The molecule has 5 heteroatoms. The Morgan fingerprint density at radius 3 is 2.84 bits per heavy atom. The summed E-state index contributed by atoms with van der Waals surface area (Å²) in [6, 6.07) is 13.7. The van der Waals surface area contributed by atoms with Gasteiger partial charge in [-0.1, -0.05) is 29.3 Å². The van der Waals surface area contributed by atoms with Gasteiger partial charge < -0.3 is 15.2 Å². The number of nitrogens with zero attached hydrogens (tertiary/aromatic N) is 1. The number of amides is 2. The molecule has 0 aliphatic carbocycles. The predicted molar refractivity (Wildman–Crippen MR) is 102 cm³/mol. The molecule has 4 nitrogen and oxygen atoms in total. The van der Waals surface area contributed by atoms with Gasteiger partial charge in [-0.2, -0.15) is 0 Å². The third-order valence-electron chi connectivity index (χ3n) is 4.78. The van der Waals surface area contributed by atoms with E-state index in [0.29, 0.717) is 18.1 Å². The van der Waals surface area contributed by atoms with Gasteiger partial charge in [-0.3, -0.25) is 0 Å². The van der Waals surface area contributed by atoms with Crippen molar-refractivity contribution in [3.8, 4) is 0 Å². The van der Waals surface area contributed by atoms with Crippen LogP contribution in [0.25, 0.3) is 10.9 Å². The van der Waals surface area contributed by atoms with E-state index in [9.17, 15) is 4.79 Å². The molecule has 2 aromatic carbocycles. The van der Waals surface area contributed by atoms with E-state index in [2.05, 4.69) is 35.4 Å². The van der Waals surface area contributed by atoms with Crippen LogP contribution in [0.15, 0.2) is 42.5 Å². The van der Waals surface area contributed by atoms with Gasteiger partial charge in [0.1, 0.15) is 0 Å². The van der Waals surface area contributed by atoms with E-state index in [0.717, 1.165) is 18.5 Å². The van der Waals surface area contributed by atoms with Crippen LogP contribution in [-0.4, -0.2) is 29.0 Å². The van der Waals surface area contributed by atoms with E-state index < -0.39 is 0 Å². The summed E-state index contributed by atoms with van der Waals surface area (Å²) in [6.07, 6.45) is 1.70. The average molecular weight is 354 g/mol. The highest BCUT2D eigenvalue weighted by molar-refractivity contribution is 6.30. The largest absolute Gasteiger partial charge is 0.358 e. The molecule has 0 saturated heterocycles. The molecule has 1 aliphatic heterocycles. The lowest BCUT2D eigenvalue weighted by molar-refractivity contribution is 0.214. The molecule has 2 N–H and O–H groups in total. The monoisotopic (exact) mass is 353 g/mol. The maximum atomic E-state index is 12.6. The molecule has 2 heterocycles. The normalized spacial score (nSPS) is 14.2. The highest BCUT2D eigenvalue weighted by Gasteiger charge is 2.21. The van der Waals surface area contributed by atoms with Gasteiger partial charge in [0.05, 0.1) is 0 Å². The zero-order valence-electron chi connectivity index (χ0n) is 14.1. The number of anilines is 1. The number of nitrogens with one attached hydrogen (secondary N) is 2. The summed E-state index contributed by atoms with van der Waals surface area (Å²) < 4.78 is 0. The zero-order chi connectivity index (χ0) is 17.4. The summed E-state index contributed by atoms with van der Waals surface area (Å²) in [5.74, 6) is 0. The fourth-order valence-corrected chi connectivity index (χ4v) is 3.68. The molecule has 0 radical (unpaired) electrons. The number of halogens is 1. The van der Waals surface area contributed by atoms with Crippen LogP contribution in [-0.2, 0) is 12.8 Å². The molecule has 0 atom stereocenters. The first-order valence-corrected chi connectivity index (χ1v) is 8.89. The molecular weight excluding hydrogens is 334 g/mol. The first kappa shape index (κ1) is 16.0. The SMILES string of the molecule is Cc1ccc2[nH]c3c(c2c1)CCN(C(=O)Nc1cccc(Cl)c1)CC3. The lowest BCUT2D eigenvalue weighted by Gasteiger charge is -2.21. The Hall–Kier alpha value is -2.46. The maximum Gasteiger partial charge on any atom is 0.321 e. The quantitative estimate of drug-likeness (QED) is 0.651. The minimum atomic E-state index is -0.0760. The van der Waals surface area contributed by atoms with E-state index in [1.807, 2.05) is 17.0 Å². The molecule has 0 spiro atoms. The van der Waals surface area contributed by atoms with Gasteiger partial charge in [0, 0.05) is 46.8 Å². The zero-order valence-corrected chi connectivity index (χ0v) is 14.9. The second-order valence-corrected chi connectivity index (χ2v) is 7.00. The standard InChI is InChI=1S/C20H20ClN3O/c1-13-5-6-18-17(11-13)16-7-9-24(10-8-19(16)23-18)20(25)22-15-4-2-3-14(21)12-15/h2-6,11-12,23H,7-10H2,1H3,(H,22,25). The topological polar surface area (TPSA) is 48.1 Å². The van der Waals surface area contributed by atoms with Crippen molar-refractivity contribution in [1.82, 2.24) is 9.88 Å². The Morgan fingerprint density at radius 1 is 1.16 bits per heavy atom. The number of hydrogen-bond donors (Lipinski definition) is 2. The number of H-pyrrole nitrogens is 1. The van der Waals surface area contributed by atoms with Crippen molar-refractivity contribution in [2.45, 2.75) is 19.8 Å². The summed E-state index contributed by atoms with van der Waals surface area (Å²) in [4.78, 5) is 18.0. The van der Waals surface area contributed by atoms with Crippen molar-refractivity contribution >= 4 is 34.2 Å². The maximum absolute atomic E-state index is 12.6. The van der Waals surface area contributed by atoms with Gasteiger partial charge in [-0.25, -0.2) is 4.79 Å². The molecule has 0 fully saturated rings. The van der Waals surface area contributed by atoms with Crippen molar-refractivity contribution in [2.75, 3.05) is 18.4 Å². The van der Waals surface area contributed by atoms with Crippen LogP contribution in [0, 0.1) is 6.92 Å².